The zero-order valence-corrected chi connectivity index (χ0v) is 25.9. The average Bonchev–Trinajstić information content (AvgIpc) is 3.51. The molecule has 0 radical (unpaired) electrons. The summed E-state index contributed by atoms with van der Waals surface area (Å²) in [5.41, 5.74) is 8.27. The number of anilines is 3. The Hall–Kier alpha value is -5.70. The van der Waals surface area contributed by atoms with Crippen LogP contribution in [0, 0.1) is 0 Å². The number of nitrogens with zero attached hydrogens (tertiary/aromatic N) is 1. The van der Waals surface area contributed by atoms with Crippen LogP contribution in [-0.4, -0.2) is 0 Å². The normalized spacial score (nSPS) is 11.5. The van der Waals surface area contributed by atoms with Crippen LogP contribution in [0.3, 0.4) is 0 Å². The van der Waals surface area contributed by atoms with E-state index in [0.717, 1.165) is 17.1 Å². The van der Waals surface area contributed by atoms with Gasteiger partial charge in [0.15, 0.2) is 0 Å². The molecule has 2 heteroatoms. The van der Waals surface area contributed by atoms with Crippen molar-refractivity contribution in [2.24, 2.45) is 0 Å². The van der Waals surface area contributed by atoms with E-state index in [4.69, 9.17) is 0 Å². The second-order valence-corrected chi connectivity index (χ2v) is 12.9. The zero-order chi connectivity index (χ0) is 30.5. The first-order valence-corrected chi connectivity index (χ1v) is 16.5. The standard InChI is InChI=1S/C44H29NS/c1-2-8-30(9-3-1)32-16-21-37(22-17-32)45(38-23-18-33(19-24-38)36-15-14-31-10-4-5-12-35(31)28-36)39-25-27-41-42-26-20-34-11-6-7-13-40(34)44(42)46-43(41)29-39/h1-29H. The summed E-state index contributed by atoms with van der Waals surface area (Å²) in [4.78, 5) is 2.38. The number of hydrogen-bond acceptors (Lipinski definition) is 2. The molecule has 0 unspecified atom stereocenters. The van der Waals surface area contributed by atoms with E-state index in [1.165, 1.54) is 64.0 Å². The van der Waals surface area contributed by atoms with Gasteiger partial charge in [0.05, 0.1) is 0 Å². The summed E-state index contributed by atoms with van der Waals surface area (Å²) in [6.45, 7) is 0. The van der Waals surface area contributed by atoms with E-state index < -0.39 is 0 Å². The van der Waals surface area contributed by atoms with Gasteiger partial charge in [0.1, 0.15) is 0 Å². The van der Waals surface area contributed by atoms with Gasteiger partial charge < -0.3 is 4.90 Å². The smallest absolute Gasteiger partial charge is 0.0476 e. The molecule has 0 amide bonds. The summed E-state index contributed by atoms with van der Waals surface area (Å²) in [6.07, 6.45) is 0. The Morgan fingerprint density at radius 3 is 1.63 bits per heavy atom. The molecule has 0 saturated carbocycles. The Morgan fingerprint density at radius 2 is 0.870 bits per heavy atom. The number of benzene rings is 8. The van der Waals surface area contributed by atoms with Crippen molar-refractivity contribution in [3.8, 4) is 22.3 Å². The molecule has 9 aromatic rings. The summed E-state index contributed by atoms with van der Waals surface area (Å²) in [5, 5.41) is 7.75. The molecule has 0 bridgehead atoms. The maximum Gasteiger partial charge on any atom is 0.0476 e. The second kappa shape index (κ2) is 11.0. The molecular formula is C44H29NS. The van der Waals surface area contributed by atoms with Crippen molar-refractivity contribution in [2.75, 3.05) is 4.90 Å². The lowest BCUT2D eigenvalue weighted by Gasteiger charge is -2.26. The van der Waals surface area contributed by atoms with Crippen LogP contribution in [0.15, 0.2) is 176 Å². The molecular weight excluding hydrogens is 575 g/mol. The third kappa shape index (κ3) is 4.63. The van der Waals surface area contributed by atoms with Gasteiger partial charge in [0.2, 0.25) is 0 Å². The second-order valence-electron chi connectivity index (χ2n) is 11.8. The average molecular weight is 604 g/mol. The van der Waals surface area contributed by atoms with Crippen molar-refractivity contribution in [2.45, 2.75) is 0 Å². The van der Waals surface area contributed by atoms with Gasteiger partial charge >= 0.3 is 0 Å². The molecule has 0 saturated heterocycles. The highest BCUT2D eigenvalue weighted by atomic mass is 32.1. The van der Waals surface area contributed by atoms with Crippen molar-refractivity contribution >= 4 is 70.1 Å². The zero-order valence-electron chi connectivity index (χ0n) is 25.1. The Bertz CT molecular complexity index is 2510. The van der Waals surface area contributed by atoms with E-state index in [1.807, 2.05) is 11.3 Å². The lowest BCUT2D eigenvalue weighted by Crippen LogP contribution is -2.09. The minimum absolute atomic E-state index is 1.13. The van der Waals surface area contributed by atoms with E-state index in [2.05, 4.69) is 181 Å². The summed E-state index contributed by atoms with van der Waals surface area (Å²) in [5.74, 6) is 0. The highest BCUT2D eigenvalue weighted by molar-refractivity contribution is 7.26. The van der Waals surface area contributed by atoms with Crippen LogP contribution in [0.25, 0.3) is 64.0 Å². The molecule has 216 valence electrons. The number of hydrogen-bond donors (Lipinski definition) is 0. The topological polar surface area (TPSA) is 3.24 Å². The maximum atomic E-state index is 2.38. The molecule has 0 fully saturated rings. The third-order valence-corrected chi connectivity index (χ3v) is 10.2. The number of fused-ring (bicyclic) bond motifs is 6. The maximum absolute atomic E-state index is 2.38. The van der Waals surface area contributed by atoms with Crippen LogP contribution in [0.2, 0.25) is 0 Å². The first kappa shape index (κ1) is 26.7. The van der Waals surface area contributed by atoms with Crippen LogP contribution in [0.4, 0.5) is 17.1 Å². The molecule has 0 aliphatic carbocycles. The van der Waals surface area contributed by atoms with Gasteiger partial charge in [-0.3, -0.25) is 0 Å². The van der Waals surface area contributed by atoms with Crippen LogP contribution in [0.5, 0.6) is 0 Å². The van der Waals surface area contributed by atoms with Crippen LogP contribution >= 0.6 is 11.3 Å². The van der Waals surface area contributed by atoms with E-state index in [9.17, 15) is 0 Å². The van der Waals surface area contributed by atoms with Crippen molar-refractivity contribution < 1.29 is 0 Å². The lowest BCUT2D eigenvalue weighted by molar-refractivity contribution is 1.29. The van der Waals surface area contributed by atoms with Crippen LogP contribution < -0.4 is 4.90 Å². The third-order valence-electron chi connectivity index (χ3n) is 9.05. The van der Waals surface area contributed by atoms with Gasteiger partial charge in [-0.25, -0.2) is 0 Å². The molecule has 46 heavy (non-hydrogen) atoms. The van der Waals surface area contributed by atoms with E-state index in [1.54, 1.807) is 0 Å². The van der Waals surface area contributed by atoms with Gasteiger partial charge in [0, 0.05) is 37.2 Å². The van der Waals surface area contributed by atoms with Crippen molar-refractivity contribution in [3.63, 3.8) is 0 Å². The van der Waals surface area contributed by atoms with Gasteiger partial charge in [-0.15, -0.1) is 11.3 Å². The minimum Gasteiger partial charge on any atom is -0.310 e. The fraction of sp³-hybridized carbons (Fsp3) is 0. The minimum atomic E-state index is 1.13. The first-order valence-electron chi connectivity index (χ1n) is 15.7. The molecule has 1 aromatic heterocycles. The Balaban J connectivity index is 1.16. The molecule has 0 spiro atoms. The summed E-state index contributed by atoms with van der Waals surface area (Å²) in [6, 6.07) is 63.9. The molecule has 0 atom stereocenters. The quantitative estimate of drug-likeness (QED) is 0.189. The fourth-order valence-electron chi connectivity index (χ4n) is 6.68. The number of thiophene rings is 1. The molecule has 0 N–H and O–H groups in total. The predicted octanol–water partition coefficient (Wildman–Crippen LogP) is 13.2. The van der Waals surface area contributed by atoms with Gasteiger partial charge in [-0.1, -0.05) is 133 Å². The largest absolute Gasteiger partial charge is 0.310 e. The molecule has 0 aliphatic rings. The number of rotatable bonds is 5. The molecule has 9 rings (SSSR count). The van der Waals surface area contributed by atoms with Crippen molar-refractivity contribution in [1.29, 1.82) is 0 Å². The monoisotopic (exact) mass is 603 g/mol. The highest BCUT2D eigenvalue weighted by Crippen LogP contribution is 2.43. The predicted molar refractivity (Wildman–Crippen MR) is 200 cm³/mol. The fourth-order valence-corrected chi connectivity index (χ4v) is 7.96. The van der Waals surface area contributed by atoms with Gasteiger partial charge in [0.25, 0.3) is 0 Å². The molecule has 1 heterocycles. The van der Waals surface area contributed by atoms with Gasteiger partial charge in [-0.05, 0) is 86.3 Å². The Labute approximate surface area is 272 Å². The lowest BCUT2D eigenvalue weighted by atomic mass is 10.0. The molecule has 1 nitrogen and oxygen atoms in total. The molecule has 0 aliphatic heterocycles. The highest BCUT2D eigenvalue weighted by Gasteiger charge is 2.16. The summed E-state index contributed by atoms with van der Waals surface area (Å²) < 4.78 is 2.64. The summed E-state index contributed by atoms with van der Waals surface area (Å²) >= 11 is 1.89. The SMILES string of the molecule is c1ccc(-c2ccc(N(c3ccc(-c4ccc5ccccc5c4)cc3)c3ccc4c(c3)sc3c5ccccc5ccc43)cc2)cc1. The van der Waals surface area contributed by atoms with Crippen LogP contribution in [0.1, 0.15) is 0 Å². The Morgan fingerprint density at radius 1 is 0.326 bits per heavy atom. The van der Waals surface area contributed by atoms with Gasteiger partial charge in [-0.2, -0.15) is 0 Å². The van der Waals surface area contributed by atoms with E-state index >= 15 is 0 Å². The van der Waals surface area contributed by atoms with E-state index in [-0.39, 0.29) is 0 Å². The first-order chi connectivity index (χ1) is 22.8. The van der Waals surface area contributed by atoms with Crippen molar-refractivity contribution in [1.82, 2.24) is 0 Å². The molecule has 8 aromatic carbocycles. The van der Waals surface area contributed by atoms with Crippen molar-refractivity contribution in [3.05, 3.63) is 176 Å². The summed E-state index contributed by atoms with van der Waals surface area (Å²) in [7, 11) is 0. The van der Waals surface area contributed by atoms with Crippen LogP contribution in [-0.2, 0) is 0 Å². The Kier molecular flexibility index (Phi) is 6.40. The van der Waals surface area contributed by atoms with E-state index in [0.29, 0.717) is 0 Å².